The molecule has 0 aliphatic carbocycles. The van der Waals surface area contributed by atoms with Gasteiger partial charge in [-0.1, -0.05) is 5.16 Å². The monoisotopic (exact) mass is 288 g/mol. The molecular formula is C10H7F3N4O3. The molecule has 2 N–H and O–H groups in total. The summed E-state index contributed by atoms with van der Waals surface area (Å²) in [6.45, 7) is -0.0576. The van der Waals surface area contributed by atoms with Crippen LogP contribution in [0.1, 0.15) is 11.4 Å². The highest BCUT2D eigenvalue weighted by atomic mass is 19.4. The number of hydrogen-bond donors (Lipinski definition) is 1. The molecule has 106 valence electrons. The molecule has 0 aliphatic rings. The van der Waals surface area contributed by atoms with Crippen LogP contribution in [0.2, 0.25) is 0 Å². The van der Waals surface area contributed by atoms with Gasteiger partial charge in [0.05, 0.1) is 17.0 Å². The van der Waals surface area contributed by atoms with E-state index in [1.54, 1.807) is 0 Å². The van der Waals surface area contributed by atoms with Crippen LogP contribution in [-0.2, 0) is 12.7 Å². The molecule has 0 atom stereocenters. The number of alkyl halides is 3. The molecule has 1 heterocycles. The average Bonchev–Trinajstić information content (AvgIpc) is 2.85. The van der Waals surface area contributed by atoms with Crippen molar-refractivity contribution in [3.05, 3.63) is 39.7 Å². The summed E-state index contributed by atoms with van der Waals surface area (Å²) < 4.78 is 42.3. The number of aromatic nitrogens is 2. The first-order valence-corrected chi connectivity index (χ1v) is 5.21. The molecule has 10 heteroatoms. The lowest BCUT2D eigenvalue weighted by molar-refractivity contribution is -0.384. The van der Waals surface area contributed by atoms with Crippen LogP contribution >= 0.6 is 0 Å². The number of nitro groups is 1. The smallest absolute Gasteiger partial charge is 0.334 e. The molecule has 0 aliphatic heterocycles. The molecule has 0 spiro atoms. The summed E-state index contributed by atoms with van der Waals surface area (Å²) in [6.07, 6.45) is -4.68. The van der Waals surface area contributed by atoms with Crippen molar-refractivity contribution in [1.82, 2.24) is 10.1 Å². The van der Waals surface area contributed by atoms with Gasteiger partial charge < -0.3 is 10.3 Å². The van der Waals surface area contributed by atoms with E-state index in [-0.39, 0.29) is 23.8 Å². The van der Waals surface area contributed by atoms with E-state index in [1.165, 1.54) is 0 Å². The van der Waals surface area contributed by atoms with Crippen LogP contribution < -0.4 is 5.73 Å². The van der Waals surface area contributed by atoms with E-state index >= 15 is 0 Å². The first-order chi connectivity index (χ1) is 9.32. The number of benzene rings is 1. The van der Waals surface area contributed by atoms with E-state index in [0.29, 0.717) is 12.1 Å². The maximum atomic E-state index is 12.5. The highest BCUT2D eigenvalue weighted by Gasteiger charge is 2.33. The molecule has 20 heavy (non-hydrogen) atoms. The topological polar surface area (TPSA) is 108 Å². The molecule has 1 aromatic heterocycles. The highest BCUT2D eigenvalue weighted by Crippen LogP contribution is 2.36. The van der Waals surface area contributed by atoms with Gasteiger partial charge in [0.2, 0.25) is 0 Å². The third-order valence-corrected chi connectivity index (χ3v) is 2.40. The lowest BCUT2D eigenvalue weighted by Crippen LogP contribution is -2.06. The maximum absolute atomic E-state index is 12.5. The van der Waals surface area contributed by atoms with Crippen molar-refractivity contribution in [2.24, 2.45) is 5.73 Å². The van der Waals surface area contributed by atoms with Gasteiger partial charge in [0.25, 0.3) is 11.6 Å². The minimum absolute atomic E-state index is 0.0576. The standard InChI is InChI=1S/C10H7F3N4O3/c11-10(12,13)5-1-2-6(7(3-5)17(18)19)9-15-8(4-14)16-20-9/h1-3H,4,14H2. The molecule has 0 radical (unpaired) electrons. The maximum Gasteiger partial charge on any atom is 0.416 e. The van der Waals surface area contributed by atoms with Gasteiger partial charge in [-0.25, -0.2) is 0 Å². The average molecular weight is 288 g/mol. The van der Waals surface area contributed by atoms with Crippen LogP contribution in [0.5, 0.6) is 0 Å². The zero-order valence-electron chi connectivity index (χ0n) is 9.72. The van der Waals surface area contributed by atoms with E-state index in [2.05, 4.69) is 10.1 Å². The van der Waals surface area contributed by atoms with Gasteiger partial charge in [0, 0.05) is 6.07 Å². The van der Waals surface area contributed by atoms with Crippen molar-refractivity contribution in [3.8, 4) is 11.5 Å². The fourth-order valence-corrected chi connectivity index (χ4v) is 1.49. The van der Waals surface area contributed by atoms with E-state index in [9.17, 15) is 23.3 Å². The minimum atomic E-state index is -4.68. The van der Waals surface area contributed by atoms with Crippen molar-refractivity contribution in [1.29, 1.82) is 0 Å². The van der Waals surface area contributed by atoms with Crippen LogP contribution in [0.15, 0.2) is 22.7 Å². The van der Waals surface area contributed by atoms with Crippen LogP contribution in [0, 0.1) is 10.1 Å². The molecule has 0 fully saturated rings. The van der Waals surface area contributed by atoms with Gasteiger partial charge in [-0.3, -0.25) is 10.1 Å². The summed E-state index contributed by atoms with van der Waals surface area (Å²) in [4.78, 5) is 13.7. The number of nitro benzene ring substituents is 1. The third kappa shape index (κ3) is 2.59. The van der Waals surface area contributed by atoms with Gasteiger partial charge in [-0.05, 0) is 12.1 Å². The SMILES string of the molecule is NCc1noc(-c2ccc(C(F)(F)F)cc2[N+](=O)[O-])n1. The third-order valence-electron chi connectivity index (χ3n) is 2.40. The van der Waals surface area contributed by atoms with Crippen molar-refractivity contribution in [2.75, 3.05) is 0 Å². The summed E-state index contributed by atoms with van der Waals surface area (Å²) in [5, 5.41) is 14.3. The van der Waals surface area contributed by atoms with E-state index in [0.717, 1.165) is 6.07 Å². The predicted molar refractivity (Wildman–Crippen MR) is 59.3 cm³/mol. The van der Waals surface area contributed by atoms with Gasteiger partial charge in [0.15, 0.2) is 5.82 Å². The lowest BCUT2D eigenvalue weighted by Gasteiger charge is -2.06. The second-order valence-corrected chi connectivity index (χ2v) is 3.71. The van der Waals surface area contributed by atoms with Crippen LogP contribution in [0.4, 0.5) is 18.9 Å². The first kappa shape index (κ1) is 13.9. The summed E-state index contributed by atoms with van der Waals surface area (Å²) in [5.41, 5.74) is 3.15. The van der Waals surface area contributed by atoms with Gasteiger partial charge in [-0.2, -0.15) is 18.2 Å². The normalized spacial score (nSPS) is 11.6. The molecular weight excluding hydrogens is 281 g/mol. The Bertz CT molecular complexity index is 653. The molecule has 0 amide bonds. The number of rotatable bonds is 3. The fraction of sp³-hybridized carbons (Fsp3) is 0.200. The Morgan fingerprint density at radius 3 is 2.60 bits per heavy atom. The zero-order chi connectivity index (χ0) is 14.9. The molecule has 0 unspecified atom stereocenters. The zero-order valence-corrected chi connectivity index (χ0v) is 9.72. The Kier molecular flexibility index (Phi) is 3.40. The largest absolute Gasteiger partial charge is 0.416 e. The summed E-state index contributed by atoms with van der Waals surface area (Å²) >= 11 is 0. The number of nitrogens with zero attached hydrogens (tertiary/aromatic N) is 3. The van der Waals surface area contributed by atoms with Crippen molar-refractivity contribution >= 4 is 5.69 Å². The Balaban J connectivity index is 2.56. The Morgan fingerprint density at radius 2 is 2.10 bits per heavy atom. The number of nitrogens with two attached hydrogens (primary N) is 1. The Hall–Kier alpha value is -2.49. The summed E-state index contributed by atoms with van der Waals surface area (Å²) in [7, 11) is 0. The van der Waals surface area contributed by atoms with Crippen molar-refractivity contribution in [3.63, 3.8) is 0 Å². The Morgan fingerprint density at radius 1 is 1.40 bits per heavy atom. The quantitative estimate of drug-likeness (QED) is 0.684. The highest BCUT2D eigenvalue weighted by molar-refractivity contribution is 5.67. The summed E-state index contributed by atoms with van der Waals surface area (Å²) in [5.74, 6) is -0.167. The minimum Gasteiger partial charge on any atom is -0.334 e. The van der Waals surface area contributed by atoms with Gasteiger partial charge in [0.1, 0.15) is 5.56 Å². The molecule has 1 aromatic carbocycles. The lowest BCUT2D eigenvalue weighted by atomic mass is 10.1. The first-order valence-electron chi connectivity index (χ1n) is 5.21. The van der Waals surface area contributed by atoms with Crippen LogP contribution in [0.25, 0.3) is 11.5 Å². The second-order valence-electron chi connectivity index (χ2n) is 3.71. The molecule has 2 aromatic rings. The fourth-order valence-electron chi connectivity index (χ4n) is 1.49. The molecule has 7 nitrogen and oxygen atoms in total. The number of hydrogen-bond acceptors (Lipinski definition) is 6. The van der Waals surface area contributed by atoms with Crippen LogP contribution in [-0.4, -0.2) is 15.1 Å². The van der Waals surface area contributed by atoms with E-state index < -0.39 is 22.4 Å². The molecule has 2 rings (SSSR count). The van der Waals surface area contributed by atoms with Crippen molar-refractivity contribution < 1.29 is 22.6 Å². The molecule has 0 saturated heterocycles. The van der Waals surface area contributed by atoms with E-state index in [4.69, 9.17) is 10.3 Å². The van der Waals surface area contributed by atoms with Crippen molar-refractivity contribution in [2.45, 2.75) is 12.7 Å². The molecule has 0 bridgehead atoms. The van der Waals surface area contributed by atoms with Gasteiger partial charge in [-0.15, -0.1) is 0 Å². The summed E-state index contributed by atoms with van der Waals surface area (Å²) in [6, 6.07) is 2.03. The van der Waals surface area contributed by atoms with E-state index in [1.807, 2.05) is 0 Å². The molecule has 0 saturated carbocycles. The van der Waals surface area contributed by atoms with Gasteiger partial charge >= 0.3 is 6.18 Å². The second kappa shape index (κ2) is 4.89. The number of halogens is 3. The Labute approximate surface area is 109 Å². The van der Waals surface area contributed by atoms with Crippen LogP contribution in [0.3, 0.4) is 0 Å². The predicted octanol–water partition coefficient (Wildman–Crippen LogP) is 2.12.